The molecule has 5 aromatic rings. The van der Waals surface area contributed by atoms with Gasteiger partial charge in [0.25, 0.3) is 11.5 Å². The number of rotatable bonds is 6. The lowest BCUT2D eigenvalue weighted by Crippen LogP contribution is -2.29. The Hall–Kier alpha value is -4.24. The molecule has 0 aliphatic rings. The first kappa shape index (κ1) is 21.6. The minimum absolute atomic E-state index is 0.118. The lowest BCUT2D eigenvalue weighted by atomic mass is 10.1. The van der Waals surface area contributed by atoms with Crippen LogP contribution in [-0.4, -0.2) is 33.7 Å². The average molecular weight is 473 g/mol. The van der Waals surface area contributed by atoms with Crippen molar-refractivity contribution in [2.45, 2.75) is 13.0 Å². The Kier molecular flexibility index (Phi) is 5.69. The summed E-state index contributed by atoms with van der Waals surface area (Å²) in [7, 11) is 1.67. The first-order chi connectivity index (χ1) is 16.5. The third kappa shape index (κ3) is 4.46. The highest BCUT2D eigenvalue weighted by atomic mass is 32.1. The number of carbonyl (C=O) groups is 2. The van der Waals surface area contributed by atoms with Crippen molar-refractivity contribution in [2.24, 2.45) is 0 Å². The van der Waals surface area contributed by atoms with Gasteiger partial charge in [-0.1, -0.05) is 30.3 Å². The molecular formula is C25H20N4O4S. The van der Waals surface area contributed by atoms with Gasteiger partial charge in [0.2, 0.25) is 5.91 Å². The number of thiophene rings is 1. The van der Waals surface area contributed by atoms with E-state index in [0.29, 0.717) is 27.3 Å². The Labute approximate surface area is 197 Å². The number of anilines is 1. The van der Waals surface area contributed by atoms with Crippen molar-refractivity contribution >= 4 is 50.0 Å². The number of benzene rings is 2. The van der Waals surface area contributed by atoms with Gasteiger partial charge >= 0.3 is 0 Å². The fourth-order valence-electron chi connectivity index (χ4n) is 3.61. The van der Waals surface area contributed by atoms with Crippen LogP contribution in [0, 0.1) is 0 Å². The zero-order valence-electron chi connectivity index (χ0n) is 18.2. The minimum atomic E-state index is -0.344. The van der Waals surface area contributed by atoms with Crippen LogP contribution in [0.4, 0.5) is 5.69 Å². The zero-order valence-corrected chi connectivity index (χ0v) is 19.0. The van der Waals surface area contributed by atoms with E-state index in [4.69, 9.17) is 4.42 Å². The Balaban J connectivity index is 1.20. The topological polar surface area (TPSA) is 108 Å². The second-order valence-electron chi connectivity index (χ2n) is 7.87. The monoisotopic (exact) mass is 472 g/mol. The number of nitrogens with one attached hydrogen (secondary N) is 2. The van der Waals surface area contributed by atoms with Crippen LogP contribution in [0.1, 0.15) is 21.9 Å². The van der Waals surface area contributed by atoms with Crippen molar-refractivity contribution in [3.05, 3.63) is 93.5 Å². The molecule has 0 aliphatic heterocycles. The van der Waals surface area contributed by atoms with E-state index in [1.807, 2.05) is 29.6 Å². The summed E-state index contributed by atoms with van der Waals surface area (Å²) in [6.45, 7) is 0.200. The van der Waals surface area contributed by atoms with E-state index < -0.39 is 0 Å². The molecule has 2 aromatic carbocycles. The Morgan fingerprint density at radius 2 is 1.91 bits per heavy atom. The second-order valence-corrected chi connectivity index (χ2v) is 8.79. The summed E-state index contributed by atoms with van der Waals surface area (Å²) in [5, 5.41) is 5.48. The Morgan fingerprint density at radius 1 is 1.12 bits per heavy atom. The maximum atomic E-state index is 12.7. The van der Waals surface area contributed by atoms with E-state index in [0.717, 1.165) is 10.9 Å². The third-order valence-electron chi connectivity index (χ3n) is 5.39. The van der Waals surface area contributed by atoms with Gasteiger partial charge in [0.15, 0.2) is 5.76 Å². The Morgan fingerprint density at radius 3 is 2.71 bits per heavy atom. The van der Waals surface area contributed by atoms with E-state index in [-0.39, 0.29) is 36.1 Å². The van der Waals surface area contributed by atoms with Gasteiger partial charge in [-0.25, -0.2) is 4.98 Å². The molecule has 3 heterocycles. The van der Waals surface area contributed by atoms with Crippen LogP contribution < -0.4 is 10.9 Å². The molecule has 2 N–H and O–H groups in total. The number of aromatic nitrogens is 2. The summed E-state index contributed by atoms with van der Waals surface area (Å²) in [4.78, 5) is 46.0. The molecule has 0 fully saturated rings. The highest BCUT2D eigenvalue weighted by Crippen LogP contribution is 2.20. The van der Waals surface area contributed by atoms with E-state index in [2.05, 4.69) is 15.3 Å². The normalized spacial score (nSPS) is 11.1. The molecule has 8 nitrogen and oxygen atoms in total. The fourth-order valence-corrected chi connectivity index (χ4v) is 4.34. The van der Waals surface area contributed by atoms with Crippen LogP contribution >= 0.6 is 11.3 Å². The number of amides is 2. The number of furan rings is 1. The molecule has 0 spiro atoms. The van der Waals surface area contributed by atoms with Crippen molar-refractivity contribution in [1.29, 1.82) is 0 Å². The molecule has 9 heteroatoms. The molecule has 0 radical (unpaired) electrons. The van der Waals surface area contributed by atoms with Crippen molar-refractivity contribution in [3.63, 3.8) is 0 Å². The number of likely N-dealkylation sites (N-methyl/N-ethyl adjacent to an activating group) is 1. The summed E-state index contributed by atoms with van der Waals surface area (Å²) < 4.78 is 6.17. The average Bonchev–Trinajstić information content (AvgIpc) is 3.47. The lowest BCUT2D eigenvalue weighted by molar-refractivity contribution is -0.129. The van der Waals surface area contributed by atoms with Crippen molar-refractivity contribution in [3.8, 4) is 0 Å². The van der Waals surface area contributed by atoms with Gasteiger partial charge in [-0.05, 0) is 41.3 Å². The van der Waals surface area contributed by atoms with E-state index >= 15 is 0 Å². The molecule has 0 bridgehead atoms. The van der Waals surface area contributed by atoms with Gasteiger partial charge in [0.05, 0.1) is 18.5 Å². The number of fused-ring (bicyclic) bond motifs is 2. The number of hydrogen-bond donors (Lipinski definition) is 2. The van der Waals surface area contributed by atoms with Gasteiger partial charge < -0.3 is 19.6 Å². The molecule has 34 heavy (non-hydrogen) atoms. The molecule has 2 amide bonds. The van der Waals surface area contributed by atoms with Gasteiger partial charge in [-0.15, -0.1) is 11.3 Å². The van der Waals surface area contributed by atoms with Crippen LogP contribution in [0.15, 0.2) is 75.3 Å². The van der Waals surface area contributed by atoms with E-state index in [9.17, 15) is 14.4 Å². The fraction of sp³-hybridized carbons (Fsp3) is 0.120. The maximum absolute atomic E-state index is 12.7. The van der Waals surface area contributed by atoms with E-state index in [1.165, 1.54) is 16.2 Å². The first-order valence-electron chi connectivity index (χ1n) is 10.6. The quantitative estimate of drug-likeness (QED) is 0.385. The number of aromatic amines is 1. The molecule has 0 saturated carbocycles. The molecule has 0 unspecified atom stereocenters. The van der Waals surface area contributed by atoms with Crippen LogP contribution in [0.5, 0.6) is 0 Å². The number of H-pyrrole nitrogens is 1. The number of hydrogen-bond acceptors (Lipinski definition) is 6. The zero-order chi connectivity index (χ0) is 23.7. The second kappa shape index (κ2) is 8.95. The summed E-state index contributed by atoms with van der Waals surface area (Å²) >= 11 is 1.34. The number of nitrogens with zero attached hydrogens (tertiary/aromatic N) is 2. The lowest BCUT2D eigenvalue weighted by Gasteiger charge is -2.16. The summed E-state index contributed by atoms with van der Waals surface area (Å²) in [6, 6.07) is 18.0. The van der Waals surface area contributed by atoms with Crippen LogP contribution in [0.2, 0.25) is 0 Å². The van der Waals surface area contributed by atoms with Crippen LogP contribution in [-0.2, 0) is 17.8 Å². The Bertz CT molecular complexity index is 1530. The molecule has 0 saturated heterocycles. The molecule has 3 aromatic heterocycles. The van der Waals surface area contributed by atoms with Gasteiger partial charge in [-0.2, -0.15) is 0 Å². The van der Waals surface area contributed by atoms with Crippen molar-refractivity contribution < 1.29 is 14.0 Å². The summed E-state index contributed by atoms with van der Waals surface area (Å²) in [5.74, 6) is 0.209. The van der Waals surface area contributed by atoms with Gasteiger partial charge in [-0.3, -0.25) is 14.4 Å². The highest BCUT2D eigenvalue weighted by Gasteiger charge is 2.15. The predicted molar refractivity (Wildman–Crippen MR) is 131 cm³/mol. The molecule has 170 valence electrons. The number of para-hydroxylation sites is 1. The largest absolute Gasteiger partial charge is 0.451 e. The predicted octanol–water partition coefficient (Wildman–Crippen LogP) is 4.18. The van der Waals surface area contributed by atoms with Crippen LogP contribution in [0.25, 0.3) is 21.2 Å². The highest BCUT2D eigenvalue weighted by molar-refractivity contribution is 7.17. The third-order valence-corrected chi connectivity index (χ3v) is 6.30. The molecule has 0 aliphatic carbocycles. The molecular weight excluding hydrogens is 452 g/mol. The standard InChI is InChI=1S/C25H20N4O4S/c1-29(14-21-27-18-10-11-34-23(18)25(32)28-21)22(30)12-15-6-8-17(9-7-15)26-24(31)20-13-16-4-2-3-5-19(16)33-20/h2-11,13H,12,14H2,1H3,(H,26,31)(H,27,28,32). The van der Waals surface area contributed by atoms with Crippen molar-refractivity contribution in [1.82, 2.24) is 14.9 Å². The maximum Gasteiger partial charge on any atom is 0.291 e. The van der Waals surface area contributed by atoms with Crippen molar-refractivity contribution in [2.75, 3.05) is 12.4 Å². The minimum Gasteiger partial charge on any atom is -0.451 e. The summed E-state index contributed by atoms with van der Waals surface area (Å²) in [5.41, 5.74) is 2.48. The SMILES string of the molecule is CN(Cc1nc2ccsc2c(=O)[nH]1)C(=O)Cc1ccc(NC(=O)c2cc3ccccc3o2)cc1. The smallest absolute Gasteiger partial charge is 0.291 e. The first-order valence-corrected chi connectivity index (χ1v) is 11.4. The molecule has 0 atom stereocenters. The number of carbonyl (C=O) groups excluding carboxylic acids is 2. The van der Waals surface area contributed by atoms with Gasteiger partial charge in [0.1, 0.15) is 16.1 Å². The van der Waals surface area contributed by atoms with Gasteiger partial charge in [0, 0.05) is 18.1 Å². The summed E-state index contributed by atoms with van der Waals surface area (Å²) in [6.07, 6.45) is 0.180. The molecule has 5 rings (SSSR count). The van der Waals surface area contributed by atoms with E-state index in [1.54, 1.807) is 43.4 Å². The van der Waals surface area contributed by atoms with Crippen LogP contribution in [0.3, 0.4) is 0 Å².